The van der Waals surface area contributed by atoms with E-state index in [9.17, 15) is 32.5 Å². The fourth-order valence-corrected chi connectivity index (χ4v) is 3.86. The molecule has 3 rings (SSSR count). The van der Waals surface area contributed by atoms with Gasteiger partial charge in [-0.2, -0.15) is 5.10 Å². The number of nitrogens with two attached hydrogens (primary N) is 1. The molecular formula is C20H21FN6O6S. The number of benzene rings is 2. The molecule has 0 aromatic heterocycles. The molecule has 0 saturated heterocycles. The second kappa shape index (κ2) is 9.82. The lowest BCUT2D eigenvalue weighted by atomic mass is 10.1. The van der Waals surface area contributed by atoms with Crippen molar-refractivity contribution in [1.29, 1.82) is 0 Å². The van der Waals surface area contributed by atoms with Crippen LogP contribution < -0.4 is 21.4 Å². The molecule has 34 heavy (non-hydrogen) atoms. The van der Waals surface area contributed by atoms with Gasteiger partial charge in [-0.05, 0) is 36.4 Å². The van der Waals surface area contributed by atoms with Crippen LogP contribution in [0.1, 0.15) is 6.42 Å². The predicted octanol–water partition coefficient (Wildman–Crippen LogP) is 0.786. The van der Waals surface area contributed by atoms with Crippen molar-refractivity contribution >= 4 is 44.4 Å². The number of hydrogen-bond acceptors (Lipinski definition) is 9. The molecule has 2 aromatic carbocycles. The number of nitro groups is 1. The van der Waals surface area contributed by atoms with Crippen LogP contribution in [-0.4, -0.2) is 56.3 Å². The minimum absolute atomic E-state index is 0.0385. The third kappa shape index (κ3) is 5.64. The summed E-state index contributed by atoms with van der Waals surface area (Å²) in [5, 5.41) is 22.0. The second-order valence-corrected chi connectivity index (χ2v) is 9.40. The first-order valence-corrected chi connectivity index (χ1v) is 11.8. The summed E-state index contributed by atoms with van der Waals surface area (Å²) < 4.78 is 36.4. The number of hydrazone groups is 1. The lowest BCUT2D eigenvalue weighted by Crippen LogP contribution is -2.40. The van der Waals surface area contributed by atoms with Gasteiger partial charge in [-0.1, -0.05) is 0 Å². The fraction of sp³-hybridized carbons (Fsp3) is 0.250. The summed E-state index contributed by atoms with van der Waals surface area (Å²) in [6.45, 7) is 0.125. The third-order valence-corrected chi connectivity index (χ3v) is 6.02. The Labute approximate surface area is 193 Å². The van der Waals surface area contributed by atoms with E-state index < -0.39 is 44.1 Å². The smallest absolute Gasteiger partial charge is 0.293 e. The highest BCUT2D eigenvalue weighted by atomic mass is 32.2. The third-order valence-electron chi connectivity index (χ3n) is 4.91. The van der Waals surface area contributed by atoms with E-state index in [2.05, 4.69) is 15.7 Å². The molecule has 0 radical (unpaired) electrons. The molecule has 2 aromatic rings. The maximum atomic E-state index is 13.2. The number of hydrogen-bond donors (Lipinski definition) is 3. The number of amides is 2. The molecule has 1 unspecified atom stereocenters. The Morgan fingerprint density at radius 3 is 2.50 bits per heavy atom. The van der Waals surface area contributed by atoms with E-state index in [1.54, 1.807) is 0 Å². The van der Waals surface area contributed by atoms with Gasteiger partial charge in [-0.25, -0.2) is 12.8 Å². The molecule has 4 N–H and O–H groups in total. The van der Waals surface area contributed by atoms with Crippen LogP contribution in [0.3, 0.4) is 0 Å². The molecule has 2 amide bonds. The van der Waals surface area contributed by atoms with Crippen LogP contribution in [0.15, 0.2) is 52.5 Å². The lowest BCUT2D eigenvalue weighted by Gasteiger charge is -2.20. The van der Waals surface area contributed by atoms with Gasteiger partial charge in [-0.15, -0.1) is 0 Å². The number of carbonyl (C=O) groups is 2. The van der Waals surface area contributed by atoms with Gasteiger partial charge in [0.1, 0.15) is 23.3 Å². The summed E-state index contributed by atoms with van der Waals surface area (Å²) >= 11 is 0. The first-order chi connectivity index (χ1) is 16.0. The minimum Gasteiger partial charge on any atom is -0.378 e. The molecule has 12 nitrogen and oxygen atoms in total. The van der Waals surface area contributed by atoms with E-state index in [4.69, 9.17) is 5.73 Å². The van der Waals surface area contributed by atoms with Crippen LogP contribution in [0, 0.1) is 15.9 Å². The van der Waals surface area contributed by atoms with Gasteiger partial charge in [-0.3, -0.25) is 24.7 Å². The molecule has 0 bridgehead atoms. The van der Waals surface area contributed by atoms with E-state index in [0.29, 0.717) is 5.69 Å². The largest absolute Gasteiger partial charge is 0.378 e. The molecule has 14 heteroatoms. The topological polar surface area (TPSA) is 177 Å². The Balaban J connectivity index is 1.63. The number of nitrogens with one attached hydrogen (secondary N) is 2. The Morgan fingerprint density at radius 2 is 1.91 bits per heavy atom. The zero-order chi connectivity index (χ0) is 25.0. The average Bonchev–Trinajstić information content (AvgIpc) is 3.22. The van der Waals surface area contributed by atoms with Crippen molar-refractivity contribution in [2.45, 2.75) is 17.4 Å². The van der Waals surface area contributed by atoms with Gasteiger partial charge < -0.3 is 16.4 Å². The number of nitro benzene ring substituents is 1. The monoisotopic (exact) mass is 492 g/mol. The lowest BCUT2D eigenvalue weighted by molar-refractivity contribution is -0.384. The Kier molecular flexibility index (Phi) is 7.10. The van der Waals surface area contributed by atoms with Crippen LogP contribution >= 0.6 is 0 Å². The maximum absolute atomic E-state index is 13.2. The summed E-state index contributed by atoms with van der Waals surface area (Å²) in [7, 11) is -3.62. The van der Waals surface area contributed by atoms with Crippen molar-refractivity contribution in [2.75, 3.05) is 29.7 Å². The van der Waals surface area contributed by atoms with Gasteiger partial charge in [0.15, 0.2) is 9.84 Å². The highest BCUT2D eigenvalue weighted by Crippen LogP contribution is 2.27. The molecule has 0 saturated carbocycles. The zero-order valence-electron chi connectivity index (χ0n) is 17.9. The molecular weight excluding hydrogens is 471 g/mol. The van der Waals surface area contributed by atoms with E-state index in [-0.39, 0.29) is 35.8 Å². The molecule has 1 aliphatic heterocycles. The molecule has 1 aliphatic rings. The Hall–Kier alpha value is -4.07. The SMILES string of the molecule is CS(=O)(=O)c1ccc(NCCNC(=O)C2=NN(c3ccc(F)cc3)C(C(N)=O)C2)c([N+](=O)[O-])c1. The van der Waals surface area contributed by atoms with Crippen LogP contribution in [0.5, 0.6) is 0 Å². The number of rotatable bonds is 9. The molecule has 180 valence electrons. The van der Waals surface area contributed by atoms with Gasteiger partial charge in [0.2, 0.25) is 5.91 Å². The standard InChI is InChI=1S/C20H21FN6O6S/c1-34(32,33)14-6-7-15(17(10-14)27(30)31)23-8-9-24-20(29)16-11-18(19(22)28)26(25-16)13-4-2-12(21)3-5-13/h2-7,10,18,23H,8-9,11H2,1H3,(H2,22,28)(H,24,29). The molecule has 0 aliphatic carbocycles. The van der Waals surface area contributed by atoms with Gasteiger partial charge in [0.05, 0.1) is 15.5 Å². The van der Waals surface area contributed by atoms with Crippen LogP contribution in [0.4, 0.5) is 21.5 Å². The number of anilines is 2. The summed E-state index contributed by atoms with van der Waals surface area (Å²) in [5.41, 5.74) is 5.51. The van der Waals surface area contributed by atoms with Crippen molar-refractivity contribution < 1.29 is 27.3 Å². The quantitative estimate of drug-likeness (QED) is 0.261. The fourth-order valence-electron chi connectivity index (χ4n) is 3.22. The highest BCUT2D eigenvalue weighted by molar-refractivity contribution is 7.90. The molecule has 1 atom stereocenters. The Morgan fingerprint density at radius 1 is 1.24 bits per heavy atom. The van der Waals surface area contributed by atoms with Gasteiger partial charge in [0.25, 0.3) is 11.6 Å². The number of nitrogens with zero attached hydrogens (tertiary/aromatic N) is 3. The van der Waals surface area contributed by atoms with Crippen molar-refractivity contribution in [2.24, 2.45) is 10.8 Å². The predicted molar refractivity (Wildman–Crippen MR) is 122 cm³/mol. The summed E-state index contributed by atoms with van der Waals surface area (Å²) in [4.78, 5) is 34.7. The van der Waals surface area contributed by atoms with E-state index in [1.807, 2.05) is 0 Å². The summed E-state index contributed by atoms with van der Waals surface area (Å²) in [6.07, 6.45) is 0.894. The van der Waals surface area contributed by atoms with Crippen molar-refractivity contribution in [3.63, 3.8) is 0 Å². The van der Waals surface area contributed by atoms with Crippen molar-refractivity contribution in [3.8, 4) is 0 Å². The number of halogens is 1. The molecule has 0 spiro atoms. The Bertz CT molecular complexity index is 1260. The van der Waals surface area contributed by atoms with Crippen molar-refractivity contribution in [1.82, 2.24) is 5.32 Å². The molecule has 0 fully saturated rings. The average molecular weight is 492 g/mol. The van der Waals surface area contributed by atoms with Gasteiger partial charge in [0, 0.05) is 31.8 Å². The summed E-state index contributed by atoms with van der Waals surface area (Å²) in [6, 6.07) is 7.74. The summed E-state index contributed by atoms with van der Waals surface area (Å²) in [5.74, 6) is -1.75. The van der Waals surface area contributed by atoms with Crippen LogP contribution in [0.2, 0.25) is 0 Å². The van der Waals surface area contributed by atoms with Crippen LogP contribution in [0.25, 0.3) is 0 Å². The van der Waals surface area contributed by atoms with Gasteiger partial charge >= 0.3 is 0 Å². The van der Waals surface area contributed by atoms with E-state index in [0.717, 1.165) is 12.3 Å². The second-order valence-electron chi connectivity index (χ2n) is 7.38. The van der Waals surface area contributed by atoms with E-state index >= 15 is 0 Å². The zero-order valence-corrected chi connectivity index (χ0v) is 18.7. The maximum Gasteiger partial charge on any atom is 0.293 e. The van der Waals surface area contributed by atoms with Crippen LogP contribution in [-0.2, 0) is 19.4 Å². The minimum atomic E-state index is -3.62. The van der Waals surface area contributed by atoms with Crippen molar-refractivity contribution in [3.05, 3.63) is 58.4 Å². The molecule has 1 heterocycles. The number of primary amides is 1. The highest BCUT2D eigenvalue weighted by Gasteiger charge is 2.34. The first kappa shape index (κ1) is 24.6. The first-order valence-electron chi connectivity index (χ1n) is 9.89. The normalized spacial score (nSPS) is 15.5. The van der Waals surface area contributed by atoms with E-state index in [1.165, 1.54) is 41.4 Å². The number of carbonyl (C=O) groups excluding carboxylic acids is 2. The number of sulfone groups is 1.